The molecule has 0 saturated heterocycles. The Labute approximate surface area is 125 Å². The second kappa shape index (κ2) is 6.90. The molecule has 0 aliphatic rings. The molecule has 2 N–H and O–H groups in total. The van der Waals surface area contributed by atoms with Crippen molar-refractivity contribution in [1.82, 2.24) is 0 Å². The molecule has 0 aliphatic heterocycles. The molecule has 0 bridgehead atoms. The number of fused-ring (bicyclic) bond motifs is 1. The highest BCUT2D eigenvalue weighted by atomic mass is 32.2. The molecule has 0 radical (unpaired) electrons. The Hall–Kier alpha value is -1.61. The SMILES string of the molecule is CCOc1ccc2ccccc2c1N(CB(O)O)S(=O)[O-]. The molecule has 0 aliphatic carbocycles. The van der Waals surface area contributed by atoms with E-state index < -0.39 is 24.8 Å². The average Bonchev–Trinajstić information content (AvgIpc) is 2.45. The summed E-state index contributed by atoms with van der Waals surface area (Å²) in [7, 11) is -1.78. The van der Waals surface area contributed by atoms with Gasteiger partial charge in [0.05, 0.1) is 18.7 Å². The van der Waals surface area contributed by atoms with Crippen molar-refractivity contribution in [3.63, 3.8) is 0 Å². The summed E-state index contributed by atoms with van der Waals surface area (Å²) in [5, 5.41) is 19.7. The first kappa shape index (κ1) is 15.8. The van der Waals surface area contributed by atoms with Gasteiger partial charge in [-0.25, -0.2) is 0 Å². The predicted octanol–water partition coefficient (Wildman–Crippen LogP) is 0.851. The van der Waals surface area contributed by atoms with Gasteiger partial charge in [0.1, 0.15) is 5.75 Å². The smallest absolute Gasteiger partial charge is 0.473 e. The first-order valence-corrected chi connectivity index (χ1v) is 7.45. The molecule has 0 spiro atoms. The third-order valence-electron chi connectivity index (χ3n) is 2.92. The van der Waals surface area contributed by atoms with E-state index in [1.807, 2.05) is 18.2 Å². The lowest BCUT2D eigenvalue weighted by Gasteiger charge is -2.29. The van der Waals surface area contributed by atoms with E-state index in [4.69, 9.17) is 14.8 Å². The Morgan fingerprint density at radius 3 is 2.62 bits per heavy atom. The Bertz CT molecular complexity index is 651. The highest BCUT2D eigenvalue weighted by Gasteiger charge is 2.21. The van der Waals surface area contributed by atoms with Crippen LogP contribution in [0, 0.1) is 0 Å². The Balaban J connectivity index is 2.66. The molecule has 0 heterocycles. The van der Waals surface area contributed by atoms with Crippen LogP contribution in [-0.4, -0.2) is 39.0 Å². The molecule has 2 aromatic rings. The number of hydrogen-bond donors (Lipinski definition) is 2. The summed E-state index contributed by atoms with van der Waals surface area (Å²) in [6.07, 6.45) is -0.468. The monoisotopic (exact) mass is 308 g/mol. The van der Waals surface area contributed by atoms with Gasteiger partial charge in [0.2, 0.25) is 0 Å². The van der Waals surface area contributed by atoms with Gasteiger partial charge in [0.15, 0.2) is 0 Å². The van der Waals surface area contributed by atoms with Crippen LogP contribution in [0.1, 0.15) is 6.92 Å². The van der Waals surface area contributed by atoms with Crippen molar-refractivity contribution >= 4 is 34.8 Å². The number of anilines is 1. The minimum Gasteiger partial charge on any atom is -0.755 e. The Morgan fingerprint density at radius 2 is 2.00 bits per heavy atom. The fourth-order valence-electron chi connectivity index (χ4n) is 2.14. The molecule has 21 heavy (non-hydrogen) atoms. The molecule has 112 valence electrons. The first-order chi connectivity index (χ1) is 10.0. The molecule has 0 fully saturated rings. The maximum Gasteiger partial charge on any atom is 0.473 e. The van der Waals surface area contributed by atoms with E-state index in [2.05, 4.69) is 0 Å². The van der Waals surface area contributed by atoms with E-state index in [0.717, 1.165) is 9.69 Å². The fourth-order valence-corrected chi connectivity index (χ4v) is 2.73. The van der Waals surface area contributed by atoms with E-state index in [9.17, 15) is 8.76 Å². The highest BCUT2D eigenvalue weighted by Crippen LogP contribution is 2.37. The number of hydrogen-bond acceptors (Lipinski definition) is 5. The van der Waals surface area contributed by atoms with Crippen molar-refractivity contribution in [2.45, 2.75) is 6.92 Å². The second-order valence-electron chi connectivity index (χ2n) is 4.33. The van der Waals surface area contributed by atoms with Crippen molar-refractivity contribution in [3.8, 4) is 5.75 Å². The van der Waals surface area contributed by atoms with Gasteiger partial charge in [-0.2, -0.15) is 0 Å². The van der Waals surface area contributed by atoms with Crippen LogP contribution in [0.3, 0.4) is 0 Å². The third kappa shape index (κ3) is 3.54. The maximum atomic E-state index is 11.5. The van der Waals surface area contributed by atoms with Crippen molar-refractivity contribution < 1.29 is 23.5 Å². The van der Waals surface area contributed by atoms with Gasteiger partial charge in [-0.05, 0) is 18.4 Å². The molecule has 2 rings (SSSR count). The van der Waals surface area contributed by atoms with Crippen LogP contribution >= 0.6 is 0 Å². The predicted molar refractivity (Wildman–Crippen MR) is 81.6 cm³/mol. The van der Waals surface area contributed by atoms with Crippen LogP contribution in [0.4, 0.5) is 5.69 Å². The molecular weight excluding hydrogens is 293 g/mol. The molecular formula is C13H15BNO5S-. The van der Waals surface area contributed by atoms with Gasteiger partial charge in [-0.1, -0.05) is 30.3 Å². The minimum absolute atomic E-state index is 0.302. The van der Waals surface area contributed by atoms with Crippen molar-refractivity contribution in [3.05, 3.63) is 36.4 Å². The van der Waals surface area contributed by atoms with Gasteiger partial charge in [0, 0.05) is 16.7 Å². The normalized spacial score (nSPS) is 12.2. The van der Waals surface area contributed by atoms with Gasteiger partial charge in [0.25, 0.3) is 0 Å². The van der Waals surface area contributed by atoms with E-state index in [0.29, 0.717) is 23.4 Å². The largest absolute Gasteiger partial charge is 0.755 e. The minimum atomic E-state index is -2.66. The van der Waals surface area contributed by atoms with Crippen molar-refractivity contribution in [1.29, 1.82) is 0 Å². The molecule has 0 saturated carbocycles. The Morgan fingerprint density at radius 1 is 1.29 bits per heavy atom. The zero-order valence-electron chi connectivity index (χ0n) is 11.4. The van der Waals surface area contributed by atoms with Crippen LogP contribution in [0.15, 0.2) is 36.4 Å². The number of ether oxygens (including phenoxy) is 1. The van der Waals surface area contributed by atoms with Crippen molar-refractivity contribution in [2.24, 2.45) is 0 Å². The lowest BCUT2D eigenvalue weighted by Crippen LogP contribution is -2.37. The molecule has 8 heteroatoms. The van der Waals surface area contributed by atoms with E-state index in [1.165, 1.54) is 0 Å². The first-order valence-electron chi connectivity index (χ1n) is 6.42. The summed E-state index contributed by atoms with van der Waals surface area (Å²) in [6.45, 7) is 2.16. The van der Waals surface area contributed by atoms with Gasteiger partial charge < -0.3 is 23.6 Å². The lowest BCUT2D eigenvalue weighted by atomic mass is 9.92. The number of benzene rings is 2. The zero-order valence-corrected chi connectivity index (χ0v) is 12.2. The van der Waals surface area contributed by atoms with E-state index >= 15 is 0 Å². The van der Waals surface area contributed by atoms with Gasteiger partial charge >= 0.3 is 7.12 Å². The molecule has 0 aromatic heterocycles. The molecule has 6 nitrogen and oxygen atoms in total. The van der Waals surface area contributed by atoms with Crippen LogP contribution in [0.2, 0.25) is 0 Å². The fraction of sp³-hybridized carbons (Fsp3) is 0.231. The summed E-state index contributed by atoms with van der Waals surface area (Å²) in [4.78, 5) is 0. The summed E-state index contributed by atoms with van der Waals surface area (Å²) < 4.78 is 29.3. The summed E-state index contributed by atoms with van der Waals surface area (Å²) in [5.74, 6) is 0.376. The molecule has 1 atom stereocenters. The standard InChI is InChI=1S/C13H16BNO5S/c1-2-20-12-8-7-10-5-3-4-6-11(10)13(12)15(21(18)19)9-14(16)17/h3-8,16-17H,2,9H2,1H3,(H,18,19)/p-1. The molecule has 2 aromatic carbocycles. The second-order valence-corrected chi connectivity index (χ2v) is 5.20. The van der Waals surface area contributed by atoms with Crippen LogP contribution in [0.5, 0.6) is 5.75 Å². The Kier molecular flexibility index (Phi) is 5.19. The van der Waals surface area contributed by atoms with E-state index in [-0.39, 0.29) is 0 Å². The van der Waals surface area contributed by atoms with Gasteiger partial charge in [-0.3, -0.25) is 4.21 Å². The summed E-state index contributed by atoms with van der Waals surface area (Å²) in [6, 6.07) is 10.7. The zero-order chi connectivity index (χ0) is 15.4. The lowest BCUT2D eigenvalue weighted by molar-refractivity contribution is 0.341. The van der Waals surface area contributed by atoms with Crippen LogP contribution in [-0.2, 0) is 11.3 Å². The third-order valence-corrected chi connectivity index (χ3v) is 3.61. The van der Waals surface area contributed by atoms with Crippen LogP contribution < -0.4 is 9.04 Å². The summed E-state index contributed by atoms with van der Waals surface area (Å²) in [5.41, 5.74) is 0.302. The van der Waals surface area contributed by atoms with Crippen LogP contribution in [0.25, 0.3) is 10.8 Å². The molecule has 0 amide bonds. The van der Waals surface area contributed by atoms with Crippen molar-refractivity contribution in [2.75, 3.05) is 17.4 Å². The average molecular weight is 308 g/mol. The number of rotatable bonds is 6. The maximum absolute atomic E-state index is 11.5. The van der Waals surface area contributed by atoms with E-state index in [1.54, 1.807) is 25.1 Å². The molecule has 1 unspecified atom stereocenters. The number of nitrogens with zero attached hydrogens (tertiary/aromatic N) is 1. The topological polar surface area (TPSA) is 93.1 Å². The highest BCUT2D eigenvalue weighted by molar-refractivity contribution is 7.80. The quantitative estimate of drug-likeness (QED) is 0.609. The summed E-state index contributed by atoms with van der Waals surface area (Å²) >= 11 is -2.66. The van der Waals surface area contributed by atoms with Gasteiger partial charge in [-0.15, -0.1) is 0 Å².